The van der Waals surface area contributed by atoms with Gasteiger partial charge in [-0.25, -0.2) is 9.78 Å². The maximum Gasteiger partial charge on any atom is 0.344 e. The second-order valence-electron chi connectivity index (χ2n) is 5.88. The summed E-state index contributed by atoms with van der Waals surface area (Å²) in [7, 11) is 0. The second kappa shape index (κ2) is 7.17. The van der Waals surface area contributed by atoms with Gasteiger partial charge in [-0.05, 0) is 57.9 Å². The number of rotatable bonds is 3. The maximum absolute atomic E-state index is 12.3. The van der Waals surface area contributed by atoms with E-state index in [1.807, 2.05) is 18.2 Å². The number of aromatic nitrogens is 1. The van der Waals surface area contributed by atoms with Crippen molar-refractivity contribution in [2.75, 3.05) is 5.32 Å². The smallest absolute Gasteiger partial charge is 0.344 e. The molecule has 0 aliphatic carbocycles. The standard InChI is InChI=1S/C21H13BrN2O3/c22-16-9-10-19(23-12-16)24-20(25)14-7-5-13(6-8-14)17-11-15-3-1-2-4-18(15)27-21(17)26/h1-12H,(H,23,24,25). The molecule has 27 heavy (non-hydrogen) atoms. The fourth-order valence-corrected chi connectivity index (χ4v) is 2.94. The van der Waals surface area contributed by atoms with Crippen LogP contribution >= 0.6 is 15.9 Å². The number of amides is 1. The van der Waals surface area contributed by atoms with Gasteiger partial charge in [0.15, 0.2) is 0 Å². The van der Waals surface area contributed by atoms with Gasteiger partial charge in [0.05, 0.1) is 5.56 Å². The molecule has 0 bridgehead atoms. The molecular weight excluding hydrogens is 408 g/mol. The van der Waals surface area contributed by atoms with Crippen molar-refractivity contribution >= 4 is 38.6 Å². The van der Waals surface area contributed by atoms with E-state index in [1.54, 1.807) is 54.7 Å². The van der Waals surface area contributed by atoms with Gasteiger partial charge >= 0.3 is 5.63 Å². The highest BCUT2D eigenvalue weighted by Crippen LogP contribution is 2.21. The number of benzene rings is 2. The first-order chi connectivity index (χ1) is 13.1. The van der Waals surface area contributed by atoms with E-state index in [0.717, 1.165) is 9.86 Å². The van der Waals surface area contributed by atoms with Gasteiger partial charge in [-0.1, -0.05) is 30.3 Å². The van der Waals surface area contributed by atoms with Gasteiger partial charge in [0.1, 0.15) is 11.4 Å². The molecule has 4 rings (SSSR count). The van der Waals surface area contributed by atoms with E-state index in [9.17, 15) is 9.59 Å². The van der Waals surface area contributed by atoms with Crippen molar-refractivity contribution in [2.24, 2.45) is 0 Å². The van der Waals surface area contributed by atoms with Gasteiger partial charge < -0.3 is 9.73 Å². The second-order valence-corrected chi connectivity index (χ2v) is 6.79. The van der Waals surface area contributed by atoms with E-state index in [2.05, 4.69) is 26.2 Å². The lowest BCUT2D eigenvalue weighted by Gasteiger charge is -2.06. The number of anilines is 1. The van der Waals surface area contributed by atoms with Gasteiger partial charge in [-0.15, -0.1) is 0 Å². The molecule has 0 atom stereocenters. The minimum Gasteiger partial charge on any atom is -0.422 e. The lowest BCUT2D eigenvalue weighted by molar-refractivity contribution is 0.102. The van der Waals surface area contributed by atoms with Gasteiger partial charge in [0, 0.05) is 21.6 Å². The van der Waals surface area contributed by atoms with Crippen LogP contribution in [0.1, 0.15) is 10.4 Å². The quantitative estimate of drug-likeness (QED) is 0.479. The zero-order valence-electron chi connectivity index (χ0n) is 14.0. The van der Waals surface area contributed by atoms with Crippen LogP contribution in [0.25, 0.3) is 22.1 Å². The number of hydrogen-bond acceptors (Lipinski definition) is 4. The number of carbonyl (C=O) groups excluding carboxylic acids is 1. The number of pyridine rings is 1. The SMILES string of the molecule is O=C(Nc1ccc(Br)cn1)c1ccc(-c2cc3ccccc3oc2=O)cc1. The van der Waals surface area contributed by atoms with Crippen LogP contribution in [0.5, 0.6) is 0 Å². The monoisotopic (exact) mass is 420 g/mol. The highest BCUT2D eigenvalue weighted by atomic mass is 79.9. The van der Waals surface area contributed by atoms with Gasteiger partial charge in [-0.2, -0.15) is 0 Å². The molecule has 0 saturated heterocycles. The molecule has 1 amide bonds. The fraction of sp³-hybridized carbons (Fsp3) is 0. The van der Waals surface area contributed by atoms with Crippen LogP contribution in [-0.2, 0) is 0 Å². The minimum atomic E-state index is -0.412. The molecule has 0 unspecified atom stereocenters. The molecule has 2 aromatic carbocycles. The predicted molar refractivity (Wildman–Crippen MR) is 108 cm³/mol. The Kier molecular flexibility index (Phi) is 4.56. The summed E-state index contributed by atoms with van der Waals surface area (Å²) < 4.78 is 6.20. The number of nitrogens with zero attached hydrogens (tertiary/aromatic N) is 1. The molecule has 1 N–H and O–H groups in total. The van der Waals surface area contributed by atoms with Crippen molar-refractivity contribution in [3.63, 3.8) is 0 Å². The zero-order valence-corrected chi connectivity index (χ0v) is 15.6. The molecular formula is C21H13BrN2O3. The molecule has 0 radical (unpaired) electrons. The third-order valence-electron chi connectivity index (χ3n) is 4.07. The lowest BCUT2D eigenvalue weighted by atomic mass is 10.0. The molecule has 132 valence electrons. The Morgan fingerprint density at radius 3 is 2.52 bits per heavy atom. The Bertz CT molecular complexity index is 1180. The van der Waals surface area contributed by atoms with Crippen molar-refractivity contribution in [1.29, 1.82) is 0 Å². The summed E-state index contributed by atoms with van der Waals surface area (Å²) in [4.78, 5) is 28.7. The van der Waals surface area contributed by atoms with E-state index < -0.39 is 5.63 Å². The average molecular weight is 421 g/mol. The average Bonchev–Trinajstić information content (AvgIpc) is 2.69. The Balaban J connectivity index is 1.60. The minimum absolute atomic E-state index is 0.276. The van der Waals surface area contributed by atoms with Gasteiger partial charge in [-0.3, -0.25) is 4.79 Å². The molecule has 0 aliphatic rings. The Morgan fingerprint density at radius 1 is 1.00 bits per heavy atom. The molecule has 0 spiro atoms. The zero-order chi connectivity index (χ0) is 18.8. The molecule has 6 heteroatoms. The number of para-hydroxylation sites is 1. The van der Waals surface area contributed by atoms with Crippen LogP contribution in [0.15, 0.2) is 86.6 Å². The van der Waals surface area contributed by atoms with Crippen molar-refractivity contribution < 1.29 is 9.21 Å². The molecule has 2 aromatic heterocycles. The van der Waals surface area contributed by atoms with Crippen LogP contribution in [0, 0.1) is 0 Å². The third kappa shape index (κ3) is 3.66. The maximum atomic E-state index is 12.3. The molecule has 4 aromatic rings. The first kappa shape index (κ1) is 17.2. The third-order valence-corrected chi connectivity index (χ3v) is 4.54. The summed E-state index contributed by atoms with van der Waals surface area (Å²) in [6.07, 6.45) is 1.61. The number of hydrogen-bond donors (Lipinski definition) is 1. The molecule has 0 saturated carbocycles. The van der Waals surface area contributed by atoms with Crippen LogP contribution in [0.3, 0.4) is 0 Å². The lowest BCUT2D eigenvalue weighted by Crippen LogP contribution is -2.12. The van der Waals surface area contributed by atoms with Crippen LogP contribution in [-0.4, -0.2) is 10.9 Å². The van der Waals surface area contributed by atoms with Crippen LogP contribution < -0.4 is 10.9 Å². The van der Waals surface area contributed by atoms with Crippen molar-refractivity contribution in [3.05, 3.63) is 93.4 Å². The summed E-state index contributed by atoms with van der Waals surface area (Å²) in [6, 6.07) is 19.4. The van der Waals surface area contributed by atoms with E-state index in [-0.39, 0.29) is 5.91 Å². The summed E-state index contributed by atoms with van der Waals surface area (Å²) in [5, 5.41) is 3.57. The highest BCUT2D eigenvalue weighted by molar-refractivity contribution is 9.10. The van der Waals surface area contributed by atoms with Crippen molar-refractivity contribution in [2.45, 2.75) is 0 Å². The normalized spacial score (nSPS) is 10.7. The summed E-state index contributed by atoms with van der Waals surface area (Å²) >= 11 is 3.30. The number of nitrogens with one attached hydrogen (secondary N) is 1. The molecule has 5 nitrogen and oxygen atoms in total. The summed E-state index contributed by atoms with van der Waals surface area (Å²) in [5.41, 5.74) is 1.74. The summed E-state index contributed by atoms with van der Waals surface area (Å²) in [6.45, 7) is 0. The first-order valence-corrected chi connectivity index (χ1v) is 8.96. The van der Waals surface area contributed by atoms with Crippen molar-refractivity contribution in [1.82, 2.24) is 4.98 Å². The first-order valence-electron chi connectivity index (χ1n) is 8.16. The molecule has 0 aliphatic heterocycles. The van der Waals surface area contributed by atoms with E-state index in [4.69, 9.17) is 4.42 Å². The van der Waals surface area contributed by atoms with E-state index in [0.29, 0.717) is 28.1 Å². The number of fused-ring (bicyclic) bond motifs is 1. The predicted octanol–water partition coefficient (Wildman–Crippen LogP) is 4.87. The summed E-state index contributed by atoms with van der Waals surface area (Å²) in [5.74, 6) is 0.185. The number of halogens is 1. The Hall–Kier alpha value is -3.25. The van der Waals surface area contributed by atoms with Crippen molar-refractivity contribution in [3.8, 4) is 11.1 Å². The largest absolute Gasteiger partial charge is 0.422 e. The fourth-order valence-electron chi connectivity index (χ4n) is 2.70. The van der Waals surface area contributed by atoms with Crippen LogP contribution in [0.2, 0.25) is 0 Å². The highest BCUT2D eigenvalue weighted by Gasteiger charge is 2.10. The van der Waals surface area contributed by atoms with E-state index >= 15 is 0 Å². The Labute approximate surface area is 162 Å². The van der Waals surface area contributed by atoms with Gasteiger partial charge in [0.2, 0.25) is 0 Å². The van der Waals surface area contributed by atoms with Gasteiger partial charge in [0.25, 0.3) is 5.91 Å². The topological polar surface area (TPSA) is 72.2 Å². The van der Waals surface area contributed by atoms with Crippen LogP contribution in [0.4, 0.5) is 5.82 Å². The number of carbonyl (C=O) groups is 1. The molecule has 0 fully saturated rings. The Morgan fingerprint density at radius 2 is 1.78 bits per heavy atom. The van der Waals surface area contributed by atoms with E-state index in [1.165, 1.54) is 0 Å². The molecule has 2 heterocycles.